The number of amides is 1. The lowest BCUT2D eigenvalue weighted by molar-refractivity contribution is 0.0971. The Bertz CT molecular complexity index is 1350. The Labute approximate surface area is 200 Å². The molecule has 0 bridgehead atoms. The number of methoxy groups -OCH3 is 2. The van der Waals surface area contributed by atoms with Gasteiger partial charge < -0.3 is 19.2 Å². The summed E-state index contributed by atoms with van der Waals surface area (Å²) in [5.74, 6) is 0.753. The van der Waals surface area contributed by atoms with E-state index in [-0.39, 0.29) is 10.7 Å². The van der Waals surface area contributed by atoms with Crippen molar-refractivity contribution in [3.05, 3.63) is 70.7 Å². The van der Waals surface area contributed by atoms with Gasteiger partial charge in [0, 0.05) is 16.3 Å². The SMILES string of the molecule is COc1cccc(OC)c1C(=O)NC(=S)Nc1cc(-c2nc3cc(Cl)ccc3o2)ccc1C. The number of nitrogens with one attached hydrogen (secondary N) is 2. The maximum atomic E-state index is 12.9. The Kier molecular flexibility index (Phi) is 6.48. The number of hydrogen-bond acceptors (Lipinski definition) is 6. The van der Waals surface area contributed by atoms with Gasteiger partial charge in [-0.05, 0) is 67.2 Å². The molecule has 1 heterocycles. The summed E-state index contributed by atoms with van der Waals surface area (Å²) in [5, 5.41) is 6.45. The van der Waals surface area contributed by atoms with E-state index in [0.29, 0.717) is 39.2 Å². The minimum atomic E-state index is -0.452. The number of carbonyl (C=O) groups is 1. The molecule has 2 N–H and O–H groups in total. The summed E-state index contributed by atoms with van der Waals surface area (Å²) >= 11 is 11.4. The van der Waals surface area contributed by atoms with Gasteiger partial charge in [0.1, 0.15) is 22.6 Å². The number of halogens is 1. The van der Waals surface area contributed by atoms with Crippen LogP contribution in [0.3, 0.4) is 0 Å². The summed E-state index contributed by atoms with van der Waals surface area (Å²) in [4.78, 5) is 17.4. The average molecular weight is 482 g/mol. The van der Waals surface area contributed by atoms with E-state index in [0.717, 1.165) is 11.1 Å². The van der Waals surface area contributed by atoms with Crippen molar-refractivity contribution in [2.45, 2.75) is 6.92 Å². The minimum absolute atomic E-state index is 0.123. The first kappa shape index (κ1) is 22.6. The van der Waals surface area contributed by atoms with E-state index in [4.69, 9.17) is 37.7 Å². The largest absolute Gasteiger partial charge is 0.496 e. The number of carbonyl (C=O) groups excluding carboxylic acids is 1. The predicted molar refractivity (Wildman–Crippen MR) is 132 cm³/mol. The van der Waals surface area contributed by atoms with Crippen LogP contribution in [0.5, 0.6) is 11.5 Å². The van der Waals surface area contributed by atoms with Gasteiger partial charge in [0.2, 0.25) is 5.89 Å². The summed E-state index contributed by atoms with van der Waals surface area (Å²) in [6, 6.07) is 16.0. The fourth-order valence-corrected chi connectivity index (χ4v) is 3.68. The predicted octanol–water partition coefficient (Wildman–Crippen LogP) is 5.60. The quantitative estimate of drug-likeness (QED) is 0.359. The third kappa shape index (κ3) is 4.76. The number of nitrogens with zero attached hydrogens (tertiary/aromatic N) is 1. The Morgan fingerprint density at radius 3 is 2.48 bits per heavy atom. The molecular weight excluding hydrogens is 462 g/mol. The van der Waals surface area contributed by atoms with Crippen molar-refractivity contribution < 1.29 is 18.7 Å². The smallest absolute Gasteiger partial charge is 0.264 e. The topological polar surface area (TPSA) is 85.6 Å². The Morgan fingerprint density at radius 2 is 1.79 bits per heavy atom. The van der Waals surface area contributed by atoms with Gasteiger partial charge in [0.15, 0.2) is 10.7 Å². The first-order valence-corrected chi connectivity index (χ1v) is 10.7. The third-order valence-electron chi connectivity index (χ3n) is 4.96. The molecule has 0 unspecified atom stereocenters. The monoisotopic (exact) mass is 481 g/mol. The molecule has 3 aromatic carbocycles. The van der Waals surface area contributed by atoms with E-state index in [1.807, 2.05) is 25.1 Å². The number of hydrogen-bond donors (Lipinski definition) is 2. The van der Waals surface area contributed by atoms with Gasteiger partial charge >= 0.3 is 0 Å². The molecule has 1 amide bonds. The van der Waals surface area contributed by atoms with Crippen LogP contribution in [0.25, 0.3) is 22.6 Å². The number of oxazole rings is 1. The summed E-state index contributed by atoms with van der Waals surface area (Å²) in [6.07, 6.45) is 0. The van der Waals surface area contributed by atoms with Crippen LogP contribution in [-0.4, -0.2) is 30.2 Å². The van der Waals surface area contributed by atoms with E-state index >= 15 is 0 Å². The van der Waals surface area contributed by atoms with E-state index < -0.39 is 5.91 Å². The zero-order valence-corrected chi connectivity index (χ0v) is 19.6. The molecule has 1 aromatic heterocycles. The molecule has 0 aliphatic carbocycles. The van der Waals surface area contributed by atoms with Gasteiger partial charge in [-0.25, -0.2) is 4.98 Å². The second-order valence-corrected chi connectivity index (χ2v) is 7.95. The standard InChI is InChI=1S/C24H20ClN3O4S/c1-13-7-8-14(23-26-17-12-15(25)9-10-18(17)32-23)11-16(13)27-24(33)28-22(29)21-19(30-2)5-4-6-20(21)31-3/h4-12H,1-3H3,(H2,27,28,29,33). The van der Waals surface area contributed by atoms with Crippen molar-refractivity contribution in [3.8, 4) is 23.0 Å². The molecular formula is C24H20ClN3O4S. The molecule has 0 spiro atoms. The summed E-state index contributed by atoms with van der Waals surface area (Å²) < 4.78 is 16.4. The number of thiocarbonyl (C=S) groups is 1. The van der Waals surface area contributed by atoms with Gasteiger partial charge in [-0.3, -0.25) is 10.1 Å². The van der Waals surface area contributed by atoms with Crippen molar-refractivity contribution in [1.29, 1.82) is 0 Å². The maximum Gasteiger partial charge on any atom is 0.264 e. The molecule has 4 aromatic rings. The number of aromatic nitrogens is 1. The second kappa shape index (κ2) is 9.48. The number of aryl methyl sites for hydroxylation is 1. The highest BCUT2D eigenvalue weighted by Gasteiger charge is 2.19. The fourth-order valence-electron chi connectivity index (χ4n) is 3.31. The van der Waals surface area contributed by atoms with Crippen LogP contribution in [0.2, 0.25) is 5.02 Å². The normalized spacial score (nSPS) is 10.7. The summed E-state index contributed by atoms with van der Waals surface area (Å²) in [6.45, 7) is 1.92. The Balaban J connectivity index is 1.56. The average Bonchev–Trinajstić information content (AvgIpc) is 3.22. The third-order valence-corrected chi connectivity index (χ3v) is 5.40. The molecule has 9 heteroatoms. The van der Waals surface area contributed by atoms with Gasteiger partial charge in [0.25, 0.3) is 5.91 Å². The number of fused-ring (bicyclic) bond motifs is 1. The van der Waals surface area contributed by atoms with Crippen LogP contribution < -0.4 is 20.1 Å². The van der Waals surface area contributed by atoms with Crippen LogP contribution in [0.15, 0.2) is 59.0 Å². The van der Waals surface area contributed by atoms with E-state index in [9.17, 15) is 4.79 Å². The zero-order valence-electron chi connectivity index (χ0n) is 18.1. The van der Waals surface area contributed by atoms with Crippen LogP contribution in [0.1, 0.15) is 15.9 Å². The number of anilines is 1. The van der Waals surface area contributed by atoms with Crippen LogP contribution >= 0.6 is 23.8 Å². The molecule has 7 nitrogen and oxygen atoms in total. The highest BCUT2D eigenvalue weighted by atomic mass is 35.5. The number of rotatable bonds is 5. The number of benzene rings is 3. The van der Waals surface area contributed by atoms with Crippen molar-refractivity contribution in [2.24, 2.45) is 0 Å². The molecule has 4 rings (SSSR count). The molecule has 0 aliphatic heterocycles. The van der Waals surface area contributed by atoms with E-state index in [1.165, 1.54) is 14.2 Å². The van der Waals surface area contributed by atoms with Crippen LogP contribution in [0.4, 0.5) is 5.69 Å². The summed E-state index contributed by atoms with van der Waals surface area (Å²) in [5.41, 5.74) is 3.92. The van der Waals surface area contributed by atoms with Gasteiger partial charge in [-0.15, -0.1) is 0 Å². The lowest BCUT2D eigenvalue weighted by Gasteiger charge is -2.15. The Hall–Kier alpha value is -3.62. The lowest BCUT2D eigenvalue weighted by Crippen LogP contribution is -2.34. The molecule has 0 radical (unpaired) electrons. The lowest BCUT2D eigenvalue weighted by atomic mass is 10.1. The van der Waals surface area contributed by atoms with Crippen molar-refractivity contribution in [2.75, 3.05) is 19.5 Å². The fraction of sp³-hybridized carbons (Fsp3) is 0.125. The van der Waals surface area contributed by atoms with E-state index in [2.05, 4.69) is 15.6 Å². The minimum Gasteiger partial charge on any atom is -0.496 e. The highest BCUT2D eigenvalue weighted by Crippen LogP contribution is 2.30. The second-order valence-electron chi connectivity index (χ2n) is 7.11. The van der Waals surface area contributed by atoms with Gasteiger partial charge in [-0.2, -0.15) is 0 Å². The van der Waals surface area contributed by atoms with Crippen LogP contribution in [0, 0.1) is 6.92 Å². The summed E-state index contributed by atoms with van der Waals surface area (Å²) in [7, 11) is 2.97. The molecule has 168 valence electrons. The molecule has 33 heavy (non-hydrogen) atoms. The van der Waals surface area contributed by atoms with Gasteiger partial charge in [-0.1, -0.05) is 23.7 Å². The van der Waals surface area contributed by atoms with Crippen molar-refractivity contribution >= 4 is 51.6 Å². The first-order valence-electron chi connectivity index (χ1n) is 9.90. The van der Waals surface area contributed by atoms with Crippen molar-refractivity contribution in [1.82, 2.24) is 10.3 Å². The van der Waals surface area contributed by atoms with Crippen molar-refractivity contribution in [3.63, 3.8) is 0 Å². The molecule has 0 saturated carbocycles. The molecule has 0 fully saturated rings. The van der Waals surface area contributed by atoms with E-state index in [1.54, 1.807) is 36.4 Å². The zero-order chi connectivity index (χ0) is 23.5. The Morgan fingerprint density at radius 1 is 1.06 bits per heavy atom. The highest BCUT2D eigenvalue weighted by molar-refractivity contribution is 7.80. The van der Waals surface area contributed by atoms with Crippen LogP contribution in [-0.2, 0) is 0 Å². The first-order chi connectivity index (χ1) is 15.9. The number of ether oxygens (including phenoxy) is 2. The van der Waals surface area contributed by atoms with Gasteiger partial charge in [0.05, 0.1) is 14.2 Å². The maximum absolute atomic E-state index is 12.9. The molecule has 0 saturated heterocycles. The molecule has 0 atom stereocenters. The molecule has 0 aliphatic rings.